The van der Waals surface area contributed by atoms with Crippen LogP contribution in [0.3, 0.4) is 0 Å². The lowest BCUT2D eigenvalue weighted by atomic mass is 10.4. The van der Waals surface area contributed by atoms with Crippen molar-refractivity contribution in [2.45, 2.75) is 20.8 Å². The minimum absolute atomic E-state index is 0.595. The Hall–Kier alpha value is 0.0469. The molecule has 5 heteroatoms. The molecule has 0 radical (unpaired) electrons. The lowest BCUT2D eigenvalue weighted by Crippen LogP contribution is -2.56. The first kappa shape index (κ1) is 15.1. The fourth-order valence-electron chi connectivity index (χ4n) is 1.60. The molecule has 0 unspecified atom stereocenters. The lowest BCUT2D eigenvalue weighted by Gasteiger charge is -2.28. The zero-order valence-electron chi connectivity index (χ0n) is 10.5. The second-order valence-corrected chi connectivity index (χ2v) is 7.16. The van der Waals surface area contributed by atoms with Crippen LogP contribution >= 0.6 is 22.6 Å². The molecule has 1 aromatic rings. The van der Waals surface area contributed by atoms with Crippen molar-refractivity contribution >= 4 is 36.6 Å². The minimum atomic E-state index is -2.70. The summed E-state index contributed by atoms with van der Waals surface area (Å²) in [6.07, 6.45) is 0. The molecular weight excluding hydrogens is 347 g/mol. The van der Waals surface area contributed by atoms with E-state index in [0.29, 0.717) is 19.8 Å². The standard InChI is InChI=1S/C12H19IO3Si/c1-4-14-17(15-5-2,16-6-3)12-9-7-11(13)8-10-12/h7-10H,4-6H2,1-3H3. The van der Waals surface area contributed by atoms with E-state index in [1.165, 1.54) is 3.57 Å². The van der Waals surface area contributed by atoms with E-state index in [1.54, 1.807) is 0 Å². The first-order chi connectivity index (χ1) is 8.18. The van der Waals surface area contributed by atoms with E-state index >= 15 is 0 Å². The molecule has 0 amide bonds. The van der Waals surface area contributed by atoms with Crippen molar-refractivity contribution < 1.29 is 13.3 Å². The molecule has 0 saturated carbocycles. The van der Waals surface area contributed by atoms with Gasteiger partial charge in [0, 0.05) is 28.6 Å². The van der Waals surface area contributed by atoms with Gasteiger partial charge in [-0.2, -0.15) is 0 Å². The number of hydrogen-bond acceptors (Lipinski definition) is 3. The van der Waals surface area contributed by atoms with E-state index < -0.39 is 8.80 Å². The summed E-state index contributed by atoms with van der Waals surface area (Å²) in [6.45, 7) is 7.68. The summed E-state index contributed by atoms with van der Waals surface area (Å²) in [7, 11) is -2.70. The minimum Gasteiger partial charge on any atom is -0.370 e. The molecule has 0 aliphatic carbocycles. The van der Waals surface area contributed by atoms with Gasteiger partial charge in [0.1, 0.15) is 0 Å². The monoisotopic (exact) mass is 366 g/mol. The molecular formula is C12H19IO3Si. The highest BCUT2D eigenvalue weighted by Crippen LogP contribution is 2.12. The molecule has 0 aliphatic heterocycles. The Labute approximate surface area is 118 Å². The molecule has 0 atom stereocenters. The molecule has 3 nitrogen and oxygen atoms in total. The number of halogens is 1. The topological polar surface area (TPSA) is 27.7 Å². The van der Waals surface area contributed by atoms with Gasteiger partial charge in [-0.3, -0.25) is 0 Å². The highest BCUT2D eigenvalue weighted by Gasteiger charge is 2.42. The maximum atomic E-state index is 5.83. The number of rotatable bonds is 7. The summed E-state index contributed by atoms with van der Waals surface area (Å²) in [5.41, 5.74) is 0. The predicted octanol–water partition coefficient (Wildman–Crippen LogP) is 2.55. The third kappa shape index (κ3) is 4.03. The van der Waals surface area contributed by atoms with Crippen molar-refractivity contribution in [3.05, 3.63) is 27.8 Å². The Morgan fingerprint density at radius 2 is 1.29 bits per heavy atom. The maximum absolute atomic E-state index is 5.83. The van der Waals surface area contributed by atoms with Crippen molar-refractivity contribution in [1.82, 2.24) is 0 Å². The summed E-state index contributed by atoms with van der Waals surface area (Å²) in [5.74, 6) is 0. The molecule has 0 aliphatic rings. The summed E-state index contributed by atoms with van der Waals surface area (Å²) in [6, 6.07) is 8.17. The molecule has 1 aromatic carbocycles. The van der Waals surface area contributed by atoms with E-state index in [2.05, 4.69) is 34.7 Å². The molecule has 0 N–H and O–H groups in total. The Kier molecular flexibility index (Phi) is 6.64. The van der Waals surface area contributed by atoms with Gasteiger partial charge in [-0.15, -0.1) is 0 Å². The van der Waals surface area contributed by atoms with Crippen molar-refractivity contribution in [1.29, 1.82) is 0 Å². The Morgan fingerprint density at radius 3 is 1.65 bits per heavy atom. The predicted molar refractivity (Wildman–Crippen MR) is 79.4 cm³/mol. The van der Waals surface area contributed by atoms with Gasteiger partial charge in [0.15, 0.2) is 0 Å². The molecule has 0 saturated heterocycles. The van der Waals surface area contributed by atoms with Gasteiger partial charge in [-0.25, -0.2) is 0 Å². The number of hydrogen-bond donors (Lipinski definition) is 0. The van der Waals surface area contributed by atoms with Crippen LogP contribution in [0.5, 0.6) is 0 Å². The SMILES string of the molecule is CCO[Si](OCC)(OCC)c1ccc(I)cc1. The molecule has 1 rings (SSSR count). The summed E-state index contributed by atoms with van der Waals surface area (Å²) < 4.78 is 18.7. The van der Waals surface area contributed by atoms with Gasteiger partial charge in [-0.05, 0) is 55.5 Å². The van der Waals surface area contributed by atoms with E-state index in [9.17, 15) is 0 Å². The molecule has 0 heterocycles. The summed E-state index contributed by atoms with van der Waals surface area (Å²) in [4.78, 5) is 0. The van der Waals surface area contributed by atoms with E-state index in [-0.39, 0.29) is 0 Å². The van der Waals surface area contributed by atoms with Gasteiger partial charge in [0.25, 0.3) is 0 Å². The first-order valence-electron chi connectivity index (χ1n) is 5.86. The highest BCUT2D eigenvalue weighted by atomic mass is 127. The average molecular weight is 366 g/mol. The van der Waals surface area contributed by atoms with Crippen molar-refractivity contribution in [3.8, 4) is 0 Å². The van der Waals surface area contributed by atoms with Crippen molar-refractivity contribution in [2.24, 2.45) is 0 Å². The summed E-state index contributed by atoms with van der Waals surface area (Å²) in [5, 5.41) is 1.03. The van der Waals surface area contributed by atoms with Crippen LogP contribution in [0.25, 0.3) is 0 Å². The Balaban J connectivity index is 3.04. The van der Waals surface area contributed by atoms with Gasteiger partial charge in [0.2, 0.25) is 0 Å². The van der Waals surface area contributed by atoms with Crippen molar-refractivity contribution in [2.75, 3.05) is 19.8 Å². The van der Waals surface area contributed by atoms with Gasteiger partial charge in [-0.1, -0.05) is 12.1 Å². The Morgan fingerprint density at radius 1 is 0.882 bits per heavy atom. The van der Waals surface area contributed by atoms with Crippen LogP contribution < -0.4 is 5.19 Å². The fourth-order valence-corrected chi connectivity index (χ4v) is 4.42. The third-order valence-corrected chi connectivity index (χ3v) is 5.97. The molecule has 96 valence electrons. The second-order valence-electron chi connectivity index (χ2n) is 3.36. The Bertz CT molecular complexity index is 312. The quantitative estimate of drug-likeness (QED) is 0.548. The van der Waals surface area contributed by atoms with Crippen LogP contribution in [0.1, 0.15) is 20.8 Å². The smallest absolute Gasteiger partial charge is 0.370 e. The largest absolute Gasteiger partial charge is 0.537 e. The van der Waals surface area contributed by atoms with Crippen LogP contribution in [0, 0.1) is 3.57 Å². The van der Waals surface area contributed by atoms with Gasteiger partial charge >= 0.3 is 8.80 Å². The van der Waals surface area contributed by atoms with Crippen LogP contribution in [0.2, 0.25) is 0 Å². The average Bonchev–Trinajstić information content (AvgIpc) is 2.30. The maximum Gasteiger partial charge on any atom is 0.537 e. The molecule has 0 spiro atoms. The van der Waals surface area contributed by atoms with E-state index in [4.69, 9.17) is 13.3 Å². The van der Waals surface area contributed by atoms with Gasteiger partial charge < -0.3 is 13.3 Å². The van der Waals surface area contributed by atoms with Gasteiger partial charge in [0.05, 0.1) is 0 Å². The molecule has 0 bridgehead atoms. The molecule has 17 heavy (non-hydrogen) atoms. The first-order valence-corrected chi connectivity index (χ1v) is 8.66. The fraction of sp³-hybridized carbons (Fsp3) is 0.500. The highest BCUT2D eigenvalue weighted by molar-refractivity contribution is 14.1. The van der Waals surface area contributed by atoms with E-state index in [1.807, 2.05) is 32.9 Å². The van der Waals surface area contributed by atoms with Crippen LogP contribution in [-0.4, -0.2) is 28.6 Å². The zero-order valence-corrected chi connectivity index (χ0v) is 13.7. The third-order valence-electron chi connectivity index (χ3n) is 2.20. The normalized spacial score (nSPS) is 11.8. The zero-order chi connectivity index (χ0) is 12.7. The van der Waals surface area contributed by atoms with Crippen LogP contribution in [0.4, 0.5) is 0 Å². The summed E-state index contributed by atoms with van der Waals surface area (Å²) >= 11 is 2.28. The lowest BCUT2D eigenvalue weighted by molar-refractivity contribution is 0.0859. The number of benzene rings is 1. The van der Waals surface area contributed by atoms with E-state index in [0.717, 1.165) is 5.19 Å². The van der Waals surface area contributed by atoms with Crippen molar-refractivity contribution in [3.63, 3.8) is 0 Å². The molecule has 0 fully saturated rings. The molecule has 0 aromatic heterocycles. The van der Waals surface area contributed by atoms with Crippen LogP contribution in [0.15, 0.2) is 24.3 Å². The second kappa shape index (κ2) is 7.47. The van der Waals surface area contributed by atoms with Crippen LogP contribution in [-0.2, 0) is 13.3 Å².